The van der Waals surface area contributed by atoms with E-state index in [9.17, 15) is 4.39 Å². The van der Waals surface area contributed by atoms with Gasteiger partial charge in [0.15, 0.2) is 0 Å². The van der Waals surface area contributed by atoms with Crippen molar-refractivity contribution in [1.29, 1.82) is 5.41 Å². The quantitative estimate of drug-likeness (QED) is 0.643. The van der Waals surface area contributed by atoms with Crippen molar-refractivity contribution in [3.8, 4) is 0 Å². The topological polar surface area (TPSA) is 66.0 Å². The van der Waals surface area contributed by atoms with Crippen molar-refractivity contribution in [3.63, 3.8) is 0 Å². The summed E-state index contributed by atoms with van der Waals surface area (Å²) in [6, 6.07) is 9.68. The minimum Gasteiger partial charge on any atom is -0.382 e. The molecule has 0 aliphatic rings. The third-order valence-corrected chi connectivity index (χ3v) is 2.63. The molecule has 0 atom stereocenters. The van der Waals surface area contributed by atoms with Gasteiger partial charge in [-0.05, 0) is 36.4 Å². The molecular weight excluding hydrogens is 231 g/mol. The first kappa shape index (κ1) is 12.0. The van der Waals surface area contributed by atoms with E-state index in [1.807, 2.05) is 18.0 Å². The highest BCUT2D eigenvalue weighted by Gasteiger charge is 2.05. The highest BCUT2D eigenvalue weighted by atomic mass is 19.1. The number of benzene rings is 1. The molecule has 0 unspecified atom stereocenters. The number of hydrogen-bond donors (Lipinski definition) is 2. The molecule has 2 aromatic rings. The van der Waals surface area contributed by atoms with Crippen molar-refractivity contribution in [1.82, 2.24) is 4.98 Å². The van der Waals surface area contributed by atoms with Crippen LogP contribution in [0.3, 0.4) is 0 Å². The summed E-state index contributed by atoms with van der Waals surface area (Å²) in [6.07, 6.45) is 1.63. The number of nitrogen functional groups attached to an aromatic ring is 1. The van der Waals surface area contributed by atoms with Crippen LogP contribution in [0.25, 0.3) is 0 Å². The molecule has 0 aliphatic heterocycles. The average Bonchev–Trinajstić information content (AvgIpc) is 2.39. The predicted octanol–water partition coefficient (Wildman–Crippen LogP) is 2.27. The molecule has 5 heteroatoms. The Morgan fingerprint density at radius 3 is 2.28 bits per heavy atom. The van der Waals surface area contributed by atoms with E-state index in [2.05, 4.69) is 4.98 Å². The van der Waals surface area contributed by atoms with Crippen LogP contribution < -0.4 is 10.6 Å². The van der Waals surface area contributed by atoms with Crippen LogP contribution in [0.15, 0.2) is 42.6 Å². The van der Waals surface area contributed by atoms with E-state index in [0.717, 1.165) is 11.4 Å². The molecule has 1 aromatic heterocycles. The molecule has 92 valence electrons. The minimum atomic E-state index is -0.266. The molecular formula is C13H13FN4. The number of nitrogens with one attached hydrogen (secondary N) is 1. The van der Waals surface area contributed by atoms with Crippen LogP contribution in [0, 0.1) is 11.2 Å². The molecule has 0 saturated carbocycles. The van der Waals surface area contributed by atoms with Gasteiger partial charge < -0.3 is 10.6 Å². The van der Waals surface area contributed by atoms with E-state index in [0.29, 0.717) is 5.69 Å². The second kappa shape index (κ2) is 4.83. The van der Waals surface area contributed by atoms with E-state index in [-0.39, 0.29) is 11.7 Å². The van der Waals surface area contributed by atoms with E-state index >= 15 is 0 Å². The van der Waals surface area contributed by atoms with Crippen LogP contribution >= 0.6 is 0 Å². The SMILES string of the molecule is CN(c1ccc(F)cc1)c1ccc(C(=N)N)nc1. The normalized spacial score (nSPS) is 10.1. The zero-order chi connectivity index (χ0) is 13.1. The van der Waals surface area contributed by atoms with Gasteiger partial charge in [-0.25, -0.2) is 4.39 Å². The second-order valence-corrected chi connectivity index (χ2v) is 3.85. The van der Waals surface area contributed by atoms with Crippen LogP contribution in [0.1, 0.15) is 5.69 Å². The number of rotatable bonds is 3. The van der Waals surface area contributed by atoms with Crippen LogP contribution in [0.4, 0.5) is 15.8 Å². The predicted molar refractivity (Wildman–Crippen MR) is 69.7 cm³/mol. The molecule has 1 heterocycles. The van der Waals surface area contributed by atoms with Crippen LogP contribution in [0.5, 0.6) is 0 Å². The third kappa shape index (κ3) is 2.45. The Morgan fingerprint density at radius 1 is 1.17 bits per heavy atom. The second-order valence-electron chi connectivity index (χ2n) is 3.85. The monoisotopic (exact) mass is 244 g/mol. The third-order valence-electron chi connectivity index (χ3n) is 2.63. The zero-order valence-corrected chi connectivity index (χ0v) is 9.89. The number of hydrogen-bond acceptors (Lipinski definition) is 3. The van der Waals surface area contributed by atoms with Gasteiger partial charge in [-0.1, -0.05) is 0 Å². The molecule has 0 spiro atoms. The summed E-state index contributed by atoms with van der Waals surface area (Å²) >= 11 is 0. The van der Waals surface area contributed by atoms with Crippen LogP contribution in [-0.2, 0) is 0 Å². The average molecular weight is 244 g/mol. The van der Waals surface area contributed by atoms with Crippen molar-refractivity contribution in [2.45, 2.75) is 0 Å². The molecule has 0 bridgehead atoms. The molecule has 0 aliphatic carbocycles. The number of nitrogens with two attached hydrogens (primary N) is 1. The van der Waals surface area contributed by atoms with Gasteiger partial charge in [-0.2, -0.15) is 0 Å². The maximum Gasteiger partial charge on any atom is 0.141 e. The van der Waals surface area contributed by atoms with E-state index in [1.54, 1.807) is 24.4 Å². The molecule has 0 fully saturated rings. The summed E-state index contributed by atoms with van der Waals surface area (Å²) in [4.78, 5) is 5.95. The summed E-state index contributed by atoms with van der Waals surface area (Å²) in [7, 11) is 1.86. The first-order valence-electron chi connectivity index (χ1n) is 5.37. The lowest BCUT2D eigenvalue weighted by Gasteiger charge is -2.19. The molecule has 0 saturated heterocycles. The van der Waals surface area contributed by atoms with Gasteiger partial charge in [0.1, 0.15) is 17.3 Å². The van der Waals surface area contributed by atoms with Crippen molar-refractivity contribution >= 4 is 17.2 Å². The molecule has 4 nitrogen and oxygen atoms in total. The highest BCUT2D eigenvalue weighted by Crippen LogP contribution is 2.22. The van der Waals surface area contributed by atoms with Gasteiger partial charge in [-0.15, -0.1) is 0 Å². The Balaban J connectivity index is 2.25. The number of amidine groups is 1. The summed E-state index contributed by atoms with van der Waals surface area (Å²) in [5, 5.41) is 7.26. The Kier molecular flexibility index (Phi) is 3.23. The lowest BCUT2D eigenvalue weighted by atomic mass is 10.2. The van der Waals surface area contributed by atoms with E-state index in [1.165, 1.54) is 12.1 Å². The number of pyridine rings is 1. The van der Waals surface area contributed by atoms with E-state index in [4.69, 9.17) is 11.1 Å². The first-order valence-corrected chi connectivity index (χ1v) is 5.37. The Morgan fingerprint density at radius 2 is 1.78 bits per heavy atom. The lowest BCUT2D eigenvalue weighted by Crippen LogP contribution is -2.14. The van der Waals surface area contributed by atoms with Crippen molar-refractivity contribution in [2.24, 2.45) is 5.73 Å². The van der Waals surface area contributed by atoms with Crippen LogP contribution in [-0.4, -0.2) is 17.9 Å². The number of halogens is 1. The van der Waals surface area contributed by atoms with Gasteiger partial charge >= 0.3 is 0 Å². The summed E-state index contributed by atoms with van der Waals surface area (Å²) < 4.78 is 12.8. The lowest BCUT2D eigenvalue weighted by molar-refractivity contribution is 0.628. The fraction of sp³-hybridized carbons (Fsp3) is 0.0769. The Hall–Kier alpha value is -2.43. The van der Waals surface area contributed by atoms with Gasteiger partial charge in [0, 0.05) is 12.7 Å². The van der Waals surface area contributed by atoms with Gasteiger partial charge in [0.25, 0.3) is 0 Å². The molecule has 2 rings (SSSR count). The van der Waals surface area contributed by atoms with Gasteiger partial charge in [-0.3, -0.25) is 10.4 Å². The smallest absolute Gasteiger partial charge is 0.141 e. The largest absolute Gasteiger partial charge is 0.382 e. The summed E-state index contributed by atoms with van der Waals surface area (Å²) in [6.45, 7) is 0. The number of aromatic nitrogens is 1. The van der Waals surface area contributed by atoms with Crippen LogP contribution in [0.2, 0.25) is 0 Å². The Bertz CT molecular complexity index is 548. The zero-order valence-electron chi connectivity index (χ0n) is 9.89. The summed E-state index contributed by atoms with van der Waals surface area (Å²) in [5.74, 6) is -0.330. The summed E-state index contributed by atoms with van der Waals surface area (Å²) in [5.41, 5.74) is 7.46. The van der Waals surface area contributed by atoms with Crippen molar-refractivity contribution in [2.75, 3.05) is 11.9 Å². The number of anilines is 2. The molecule has 0 amide bonds. The molecule has 18 heavy (non-hydrogen) atoms. The standard InChI is InChI=1S/C13H13FN4/c1-18(10-4-2-9(14)3-5-10)11-6-7-12(13(15)16)17-8-11/h2-8H,1H3,(H3,15,16). The fourth-order valence-electron chi connectivity index (χ4n) is 1.56. The molecule has 3 N–H and O–H groups in total. The molecule has 1 aromatic carbocycles. The fourth-order valence-corrected chi connectivity index (χ4v) is 1.56. The van der Waals surface area contributed by atoms with E-state index < -0.39 is 0 Å². The maximum absolute atomic E-state index is 12.8. The minimum absolute atomic E-state index is 0.0639. The van der Waals surface area contributed by atoms with Crippen molar-refractivity contribution < 1.29 is 4.39 Å². The maximum atomic E-state index is 12.8. The Labute approximate surface area is 104 Å². The number of nitrogens with zero attached hydrogens (tertiary/aromatic N) is 2. The van der Waals surface area contributed by atoms with Gasteiger partial charge in [0.05, 0.1) is 11.9 Å². The highest BCUT2D eigenvalue weighted by molar-refractivity contribution is 5.93. The molecule has 0 radical (unpaired) electrons. The first-order chi connectivity index (χ1) is 8.58. The van der Waals surface area contributed by atoms with Gasteiger partial charge in [0.2, 0.25) is 0 Å². The van der Waals surface area contributed by atoms with Crippen molar-refractivity contribution in [3.05, 3.63) is 54.1 Å².